The van der Waals surface area contributed by atoms with Crippen molar-refractivity contribution in [2.24, 2.45) is 0 Å². The molecular weight excluding hydrogens is 188 g/mol. The number of halogens is 1. The molecule has 0 aliphatic rings. The van der Waals surface area contributed by atoms with Crippen LogP contribution in [0.1, 0.15) is 5.56 Å². The molecule has 0 aliphatic heterocycles. The van der Waals surface area contributed by atoms with E-state index < -0.39 is 0 Å². The van der Waals surface area contributed by atoms with E-state index in [1.54, 1.807) is 11.8 Å². The van der Waals surface area contributed by atoms with Crippen LogP contribution in [0.15, 0.2) is 41.9 Å². The van der Waals surface area contributed by atoms with Crippen LogP contribution in [0, 0.1) is 0 Å². The highest BCUT2D eigenvalue weighted by Crippen LogP contribution is 2.15. The molecule has 0 aliphatic carbocycles. The summed E-state index contributed by atoms with van der Waals surface area (Å²) in [5.41, 5.74) is 1.33. The van der Waals surface area contributed by atoms with Crippen molar-refractivity contribution in [2.75, 3.05) is 5.75 Å². The van der Waals surface area contributed by atoms with Crippen molar-refractivity contribution in [3.63, 3.8) is 0 Å². The summed E-state index contributed by atoms with van der Waals surface area (Å²) < 4.78 is 0. The average Bonchev–Trinajstić information content (AvgIpc) is 2.05. The van der Waals surface area contributed by atoms with E-state index in [0.717, 1.165) is 16.5 Å². The molecule has 1 rings (SSSR count). The van der Waals surface area contributed by atoms with Gasteiger partial charge in [-0.1, -0.05) is 48.5 Å². The van der Waals surface area contributed by atoms with Crippen LogP contribution in [-0.2, 0) is 5.75 Å². The van der Waals surface area contributed by atoms with Gasteiger partial charge in [0.15, 0.2) is 0 Å². The van der Waals surface area contributed by atoms with Crippen LogP contribution in [0.5, 0.6) is 0 Å². The summed E-state index contributed by atoms with van der Waals surface area (Å²) in [6.45, 7) is 3.63. The van der Waals surface area contributed by atoms with Crippen molar-refractivity contribution < 1.29 is 0 Å². The lowest BCUT2D eigenvalue weighted by Crippen LogP contribution is -1.81. The second-order valence-electron chi connectivity index (χ2n) is 2.50. The molecule has 0 fully saturated rings. The standard InChI is InChI=1S/C10H11ClS/c1-9(11)7-12-8-10-5-3-2-4-6-10/h2-6H,1,7-8H2. The summed E-state index contributed by atoms with van der Waals surface area (Å²) in [4.78, 5) is 0. The molecule has 0 radical (unpaired) electrons. The Hall–Kier alpha value is -0.400. The van der Waals surface area contributed by atoms with Crippen molar-refractivity contribution in [3.8, 4) is 0 Å². The summed E-state index contributed by atoms with van der Waals surface area (Å²) in [6.07, 6.45) is 0. The van der Waals surface area contributed by atoms with Gasteiger partial charge in [0.05, 0.1) is 0 Å². The number of hydrogen-bond acceptors (Lipinski definition) is 1. The van der Waals surface area contributed by atoms with Gasteiger partial charge in [0.2, 0.25) is 0 Å². The maximum Gasteiger partial charge on any atom is 0.0290 e. The summed E-state index contributed by atoms with van der Waals surface area (Å²) in [5.74, 6) is 1.84. The van der Waals surface area contributed by atoms with Crippen LogP contribution in [0.25, 0.3) is 0 Å². The number of benzene rings is 1. The smallest absolute Gasteiger partial charge is 0.0290 e. The highest BCUT2D eigenvalue weighted by atomic mass is 35.5. The Bertz CT molecular complexity index is 243. The van der Waals surface area contributed by atoms with Crippen molar-refractivity contribution in [2.45, 2.75) is 5.75 Å². The molecule has 2 heteroatoms. The predicted octanol–water partition coefficient (Wildman–Crippen LogP) is 3.67. The van der Waals surface area contributed by atoms with E-state index in [-0.39, 0.29) is 0 Å². The third-order valence-electron chi connectivity index (χ3n) is 1.37. The van der Waals surface area contributed by atoms with Crippen LogP contribution in [-0.4, -0.2) is 5.75 Å². The second-order valence-corrected chi connectivity index (χ2v) is 4.02. The molecule has 0 saturated carbocycles. The van der Waals surface area contributed by atoms with Crippen molar-refractivity contribution >= 4 is 23.4 Å². The van der Waals surface area contributed by atoms with E-state index in [1.807, 2.05) is 18.2 Å². The average molecular weight is 199 g/mol. The van der Waals surface area contributed by atoms with Crippen LogP contribution >= 0.6 is 23.4 Å². The molecule has 0 nitrogen and oxygen atoms in total. The van der Waals surface area contributed by atoms with Crippen molar-refractivity contribution in [3.05, 3.63) is 47.5 Å². The predicted molar refractivity (Wildman–Crippen MR) is 57.6 cm³/mol. The van der Waals surface area contributed by atoms with Crippen molar-refractivity contribution in [1.82, 2.24) is 0 Å². The summed E-state index contributed by atoms with van der Waals surface area (Å²) in [7, 11) is 0. The molecule has 0 heterocycles. The van der Waals surface area contributed by atoms with Gasteiger partial charge in [-0.3, -0.25) is 0 Å². The third kappa shape index (κ3) is 3.84. The lowest BCUT2D eigenvalue weighted by Gasteiger charge is -1.99. The first-order valence-corrected chi connectivity index (χ1v) is 5.27. The number of thioether (sulfide) groups is 1. The minimum absolute atomic E-state index is 0.718. The first-order valence-electron chi connectivity index (χ1n) is 3.74. The van der Waals surface area contributed by atoms with Crippen LogP contribution in [0.2, 0.25) is 0 Å². The summed E-state index contributed by atoms with van der Waals surface area (Å²) >= 11 is 7.41. The SMILES string of the molecule is C=C(Cl)CSCc1ccccc1. The Kier molecular flexibility index (Phi) is 4.26. The maximum absolute atomic E-state index is 5.63. The molecule has 0 unspecified atom stereocenters. The molecular formula is C10H11ClS. The molecule has 1 aromatic carbocycles. The fraction of sp³-hybridized carbons (Fsp3) is 0.200. The van der Waals surface area contributed by atoms with Crippen LogP contribution < -0.4 is 0 Å². The fourth-order valence-corrected chi connectivity index (χ4v) is 1.84. The summed E-state index contributed by atoms with van der Waals surface area (Å²) in [6, 6.07) is 10.3. The van der Waals surface area contributed by atoms with Gasteiger partial charge >= 0.3 is 0 Å². The molecule has 12 heavy (non-hydrogen) atoms. The monoisotopic (exact) mass is 198 g/mol. The van der Waals surface area contributed by atoms with Crippen LogP contribution in [0.3, 0.4) is 0 Å². The van der Waals surface area contributed by atoms with Gasteiger partial charge < -0.3 is 0 Å². The van der Waals surface area contributed by atoms with E-state index in [0.29, 0.717) is 0 Å². The minimum Gasteiger partial charge on any atom is -0.151 e. The largest absolute Gasteiger partial charge is 0.151 e. The molecule has 0 aromatic heterocycles. The van der Waals surface area contributed by atoms with Gasteiger partial charge in [-0.2, -0.15) is 11.8 Å². The van der Waals surface area contributed by atoms with E-state index in [4.69, 9.17) is 11.6 Å². The van der Waals surface area contributed by atoms with Crippen LogP contribution in [0.4, 0.5) is 0 Å². The van der Waals surface area contributed by atoms with Gasteiger partial charge in [-0.05, 0) is 5.56 Å². The topological polar surface area (TPSA) is 0 Å². The van der Waals surface area contributed by atoms with Gasteiger partial charge in [-0.15, -0.1) is 0 Å². The molecule has 0 atom stereocenters. The van der Waals surface area contributed by atoms with Gasteiger partial charge in [-0.25, -0.2) is 0 Å². The second kappa shape index (κ2) is 5.28. The molecule has 1 aromatic rings. The molecule has 0 spiro atoms. The van der Waals surface area contributed by atoms with E-state index in [9.17, 15) is 0 Å². The first kappa shape index (κ1) is 9.69. The lowest BCUT2D eigenvalue weighted by atomic mass is 10.2. The van der Waals surface area contributed by atoms with E-state index >= 15 is 0 Å². The lowest BCUT2D eigenvalue weighted by molar-refractivity contribution is 1.41. The number of hydrogen-bond donors (Lipinski definition) is 0. The fourth-order valence-electron chi connectivity index (χ4n) is 0.854. The Morgan fingerprint density at radius 3 is 2.58 bits per heavy atom. The Labute approximate surface area is 82.6 Å². The van der Waals surface area contributed by atoms with Gasteiger partial charge in [0.1, 0.15) is 0 Å². The number of rotatable bonds is 4. The first-order chi connectivity index (χ1) is 5.79. The van der Waals surface area contributed by atoms with Gasteiger partial charge in [0, 0.05) is 16.5 Å². The molecule has 0 saturated heterocycles. The quantitative estimate of drug-likeness (QED) is 0.712. The summed E-state index contributed by atoms with van der Waals surface area (Å²) in [5, 5.41) is 0.718. The van der Waals surface area contributed by atoms with E-state index in [1.165, 1.54) is 5.56 Å². The Morgan fingerprint density at radius 2 is 2.00 bits per heavy atom. The molecule has 0 N–H and O–H groups in total. The highest BCUT2D eigenvalue weighted by molar-refractivity contribution is 7.98. The molecule has 0 bridgehead atoms. The maximum atomic E-state index is 5.63. The zero-order valence-corrected chi connectivity index (χ0v) is 8.37. The Balaban J connectivity index is 2.29. The van der Waals surface area contributed by atoms with E-state index in [2.05, 4.69) is 18.7 Å². The zero-order valence-electron chi connectivity index (χ0n) is 6.79. The minimum atomic E-state index is 0.718. The third-order valence-corrected chi connectivity index (χ3v) is 2.75. The molecule has 0 amide bonds. The molecule has 64 valence electrons. The normalized spacial score (nSPS) is 9.75. The Morgan fingerprint density at radius 1 is 1.33 bits per heavy atom. The zero-order chi connectivity index (χ0) is 8.81. The highest BCUT2D eigenvalue weighted by Gasteiger charge is 1.92. The van der Waals surface area contributed by atoms with Gasteiger partial charge in [0.25, 0.3) is 0 Å². The van der Waals surface area contributed by atoms with Crippen molar-refractivity contribution in [1.29, 1.82) is 0 Å².